The van der Waals surface area contributed by atoms with Gasteiger partial charge in [-0.1, -0.05) is 46.9 Å². The average molecular weight is 580 g/mol. The van der Waals surface area contributed by atoms with Gasteiger partial charge in [-0.05, 0) is 49.9 Å². The van der Waals surface area contributed by atoms with Crippen molar-refractivity contribution in [3.8, 4) is 17.2 Å². The molecular weight excluding hydrogens is 551 g/mol. The van der Waals surface area contributed by atoms with Crippen molar-refractivity contribution in [1.82, 2.24) is 9.80 Å². The standard InChI is InChI=1S/C28H29Cl3N2O5/c1-3-9-33-10-8-27-24-15-4-5-20(34)25(24)38-26(27)19(6-7-28(27,36)22(33)11-15)32(2)23(35)14-37-21-13-17(30)16(29)12-18(21)31/h3-5,12-13,19,22,26,34,36H,1,6-11,14H2,2H3/t19-,22-,26+,27+,28-/m1/s1. The van der Waals surface area contributed by atoms with Gasteiger partial charge in [0, 0.05) is 31.3 Å². The highest BCUT2D eigenvalue weighted by atomic mass is 35.5. The van der Waals surface area contributed by atoms with Crippen LogP contribution in [0.2, 0.25) is 15.1 Å². The molecule has 1 amide bonds. The Labute approximate surface area is 236 Å². The van der Waals surface area contributed by atoms with E-state index in [1.54, 1.807) is 18.0 Å². The van der Waals surface area contributed by atoms with E-state index in [0.717, 1.165) is 17.7 Å². The molecule has 2 fully saturated rings. The highest BCUT2D eigenvalue weighted by Crippen LogP contribution is 2.65. The molecule has 2 heterocycles. The molecule has 2 aromatic rings. The smallest absolute Gasteiger partial charge is 0.260 e. The number of rotatable bonds is 6. The van der Waals surface area contributed by atoms with Crippen LogP contribution in [0.3, 0.4) is 0 Å². The summed E-state index contributed by atoms with van der Waals surface area (Å²) in [6.07, 6.45) is 3.72. The van der Waals surface area contributed by atoms with Crippen LogP contribution in [0.4, 0.5) is 0 Å². The maximum atomic E-state index is 13.4. The first-order valence-electron chi connectivity index (χ1n) is 12.7. The maximum Gasteiger partial charge on any atom is 0.260 e. The highest BCUT2D eigenvalue weighted by molar-refractivity contribution is 6.43. The molecule has 1 saturated carbocycles. The number of ether oxygens (including phenoxy) is 2. The number of likely N-dealkylation sites (tertiary alicyclic amines) is 1. The zero-order valence-corrected chi connectivity index (χ0v) is 23.2. The molecule has 6 rings (SSSR count). The van der Waals surface area contributed by atoms with Crippen molar-refractivity contribution in [2.24, 2.45) is 0 Å². The van der Waals surface area contributed by atoms with Crippen LogP contribution in [-0.4, -0.2) is 76.5 Å². The molecule has 2 bridgehead atoms. The third-order valence-electron chi connectivity index (χ3n) is 9.12. The van der Waals surface area contributed by atoms with E-state index in [2.05, 4.69) is 11.5 Å². The fourth-order valence-electron chi connectivity index (χ4n) is 7.43. The third-order valence-corrected chi connectivity index (χ3v) is 10.1. The molecule has 5 atom stereocenters. The van der Waals surface area contributed by atoms with Crippen molar-refractivity contribution in [1.29, 1.82) is 0 Å². The van der Waals surface area contributed by atoms with Gasteiger partial charge in [-0.15, -0.1) is 6.58 Å². The number of piperidine rings is 1. The Balaban J connectivity index is 1.32. The Bertz CT molecular complexity index is 1340. The molecule has 2 N–H and O–H groups in total. The quantitative estimate of drug-likeness (QED) is 0.385. The number of amides is 1. The van der Waals surface area contributed by atoms with Gasteiger partial charge in [0.1, 0.15) is 11.9 Å². The van der Waals surface area contributed by atoms with E-state index in [0.29, 0.717) is 43.0 Å². The second-order valence-corrected chi connectivity index (χ2v) is 12.0. The summed E-state index contributed by atoms with van der Waals surface area (Å²) < 4.78 is 12.2. The summed E-state index contributed by atoms with van der Waals surface area (Å²) in [5, 5.41) is 24.1. The first-order valence-corrected chi connectivity index (χ1v) is 13.9. The Kier molecular flexibility index (Phi) is 6.32. The van der Waals surface area contributed by atoms with E-state index in [1.165, 1.54) is 12.1 Å². The molecule has 4 aliphatic rings. The number of aromatic hydroxyl groups is 1. The first kappa shape index (κ1) is 26.1. The van der Waals surface area contributed by atoms with Crippen LogP contribution < -0.4 is 9.47 Å². The summed E-state index contributed by atoms with van der Waals surface area (Å²) in [5.74, 6) is 0.503. The zero-order chi connectivity index (χ0) is 27.0. The lowest BCUT2D eigenvalue weighted by Gasteiger charge is -2.64. The molecule has 202 valence electrons. The van der Waals surface area contributed by atoms with E-state index in [4.69, 9.17) is 44.3 Å². The van der Waals surface area contributed by atoms with Crippen LogP contribution in [0.15, 0.2) is 36.9 Å². The summed E-state index contributed by atoms with van der Waals surface area (Å²) in [6.45, 7) is 5.11. The predicted octanol–water partition coefficient (Wildman–Crippen LogP) is 4.60. The molecule has 0 unspecified atom stereocenters. The number of hydrogen-bond acceptors (Lipinski definition) is 6. The monoisotopic (exact) mass is 578 g/mol. The van der Waals surface area contributed by atoms with Gasteiger partial charge in [-0.25, -0.2) is 0 Å². The van der Waals surface area contributed by atoms with Gasteiger partial charge in [0.2, 0.25) is 0 Å². The number of phenolic OH excluding ortho intramolecular Hbond substituents is 1. The molecular formula is C28H29Cl3N2O5. The molecule has 2 aliphatic carbocycles. The number of benzene rings is 2. The van der Waals surface area contributed by atoms with E-state index >= 15 is 0 Å². The first-order chi connectivity index (χ1) is 18.1. The Morgan fingerprint density at radius 3 is 2.79 bits per heavy atom. The topological polar surface area (TPSA) is 82.5 Å². The number of aliphatic hydroxyl groups is 1. The van der Waals surface area contributed by atoms with Crippen molar-refractivity contribution < 1.29 is 24.5 Å². The summed E-state index contributed by atoms with van der Waals surface area (Å²) >= 11 is 18.3. The van der Waals surface area contributed by atoms with Gasteiger partial charge < -0.3 is 24.6 Å². The second-order valence-electron chi connectivity index (χ2n) is 10.7. The fourth-order valence-corrected chi connectivity index (χ4v) is 8.02. The lowest BCUT2D eigenvalue weighted by atomic mass is 9.48. The van der Waals surface area contributed by atoms with Gasteiger partial charge >= 0.3 is 0 Å². The molecule has 2 aromatic carbocycles. The number of nitrogens with zero attached hydrogens (tertiary/aromatic N) is 2. The van der Waals surface area contributed by atoms with Crippen molar-refractivity contribution in [3.05, 3.63) is 63.1 Å². The largest absolute Gasteiger partial charge is 0.504 e. The summed E-state index contributed by atoms with van der Waals surface area (Å²) in [5.41, 5.74) is 0.192. The van der Waals surface area contributed by atoms with Crippen LogP contribution in [0, 0.1) is 0 Å². The Morgan fingerprint density at radius 2 is 2.03 bits per heavy atom. The molecule has 1 spiro atoms. The van der Waals surface area contributed by atoms with Gasteiger partial charge in [0.05, 0.1) is 32.1 Å². The lowest BCUT2D eigenvalue weighted by Crippen LogP contribution is -2.78. The number of carbonyl (C=O) groups is 1. The number of hydrogen-bond donors (Lipinski definition) is 2. The van der Waals surface area contributed by atoms with Gasteiger partial charge in [-0.2, -0.15) is 0 Å². The maximum absolute atomic E-state index is 13.4. The van der Waals surface area contributed by atoms with Gasteiger partial charge in [-0.3, -0.25) is 9.69 Å². The molecule has 0 radical (unpaired) electrons. The third kappa shape index (κ3) is 3.52. The van der Waals surface area contributed by atoms with E-state index in [1.807, 2.05) is 12.1 Å². The molecule has 38 heavy (non-hydrogen) atoms. The normalized spacial score (nSPS) is 30.8. The molecule has 1 saturated heterocycles. The van der Waals surface area contributed by atoms with Gasteiger partial charge in [0.15, 0.2) is 18.1 Å². The molecule has 7 nitrogen and oxygen atoms in total. The van der Waals surface area contributed by atoms with Gasteiger partial charge in [0.25, 0.3) is 5.91 Å². The van der Waals surface area contributed by atoms with Crippen molar-refractivity contribution in [2.45, 2.75) is 54.9 Å². The van der Waals surface area contributed by atoms with Crippen LogP contribution in [0.25, 0.3) is 0 Å². The number of halogens is 3. The SMILES string of the molecule is C=CCN1CC[C@]23c4c5ccc(O)c4O[C@H]2[C@H](N(C)C(=O)COc2cc(Cl)c(Cl)cc2Cl)CC[C@@]3(O)[C@H]1C5. The number of phenols is 1. The van der Waals surface area contributed by atoms with E-state index in [9.17, 15) is 15.0 Å². The lowest BCUT2D eigenvalue weighted by molar-refractivity contribution is -0.198. The van der Waals surface area contributed by atoms with Crippen LogP contribution in [-0.2, 0) is 16.6 Å². The highest BCUT2D eigenvalue weighted by Gasteiger charge is 2.73. The fraction of sp³-hybridized carbons (Fsp3) is 0.464. The summed E-state index contributed by atoms with van der Waals surface area (Å²) in [4.78, 5) is 17.3. The number of likely N-dealkylation sites (N-methyl/N-ethyl adjacent to an activating group) is 1. The summed E-state index contributed by atoms with van der Waals surface area (Å²) in [6, 6.07) is 6.13. The van der Waals surface area contributed by atoms with Crippen LogP contribution in [0.5, 0.6) is 17.2 Å². The molecule has 0 aromatic heterocycles. The minimum Gasteiger partial charge on any atom is -0.504 e. The van der Waals surface area contributed by atoms with Crippen LogP contribution >= 0.6 is 34.8 Å². The predicted molar refractivity (Wildman–Crippen MR) is 146 cm³/mol. The second kappa shape index (κ2) is 9.20. The number of carbonyl (C=O) groups excluding carboxylic acids is 1. The molecule has 2 aliphatic heterocycles. The zero-order valence-electron chi connectivity index (χ0n) is 20.9. The summed E-state index contributed by atoms with van der Waals surface area (Å²) in [7, 11) is 1.73. The minimum atomic E-state index is -1.06. The average Bonchev–Trinajstić information content (AvgIpc) is 3.24. The van der Waals surface area contributed by atoms with Crippen molar-refractivity contribution in [3.63, 3.8) is 0 Å². The Hall–Kier alpha value is -2.16. The van der Waals surface area contributed by atoms with Crippen LogP contribution in [0.1, 0.15) is 30.4 Å². The molecule has 10 heteroatoms. The van der Waals surface area contributed by atoms with E-state index in [-0.39, 0.29) is 46.1 Å². The van der Waals surface area contributed by atoms with E-state index < -0.39 is 17.1 Å². The van der Waals surface area contributed by atoms with Crippen molar-refractivity contribution >= 4 is 40.7 Å². The Morgan fingerprint density at radius 1 is 1.26 bits per heavy atom. The minimum absolute atomic E-state index is 0.0622. The van der Waals surface area contributed by atoms with Crippen molar-refractivity contribution in [2.75, 3.05) is 26.7 Å².